The predicted molar refractivity (Wildman–Crippen MR) is 68.3 cm³/mol. The Kier molecular flexibility index (Phi) is 3.55. The Balaban J connectivity index is 2.37. The third-order valence-corrected chi connectivity index (χ3v) is 3.03. The molecule has 19 heavy (non-hydrogen) atoms. The number of carbonyl (C=O) groups is 1. The summed E-state index contributed by atoms with van der Waals surface area (Å²) in [5, 5.41) is 21.2. The van der Waals surface area contributed by atoms with Crippen LogP contribution in [-0.4, -0.2) is 39.9 Å². The summed E-state index contributed by atoms with van der Waals surface area (Å²) in [7, 11) is 0. The first-order valence-corrected chi connectivity index (χ1v) is 5.80. The van der Waals surface area contributed by atoms with Crippen LogP contribution in [0.3, 0.4) is 0 Å². The molecular formula is C13H15FN2O3. The lowest BCUT2D eigenvalue weighted by Crippen LogP contribution is -2.51. The summed E-state index contributed by atoms with van der Waals surface area (Å²) in [5.74, 6) is -0.905. The van der Waals surface area contributed by atoms with Gasteiger partial charge in [0.15, 0.2) is 0 Å². The highest BCUT2D eigenvalue weighted by Crippen LogP contribution is 2.21. The van der Waals surface area contributed by atoms with Crippen LogP contribution < -0.4 is 5.32 Å². The highest BCUT2D eigenvalue weighted by atomic mass is 19.1. The number of hydrogen-bond acceptors (Lipinski definition) is 3. The molecule has 1 amide bonds. The Labute approximate surface area is 109 Å². The second-order valence-electron chi connectivity index (χ2n) is 4.69. The van der Waals surface area contributed by atoms with Gasteiger partial charge < -0.3 is 20.5 Å². The summed E-state index contributed by atoms with van der Waals surface area (Å²) >= 11 is 0. The van der Waals surface area contributed by atoms with Gasteiger partial charge in [0.1, 0.15) is 5.82 Å². The SMILES string of the molecule is CC(CO)(CO)NC(=O)c1ccc(F)c2cc[nH]c12. The summed E-state index contributed by atoms with van der Waals surface area (Å²) in [6, 6.07) is 4.11. The number of halogens is 1. The van der Waals surface area contributed by atoms with Crippen molar-refractivity contribution in [3.63, 3.8) is 0 Å². The minimum atomic E-state index is -1.12. The Morgan fingerprint density at radius 2 is 2.05 bits per heavy atom. The number of carbonyl (C=O) groups excluding carboxylic acids is 1. The van der Waals surface area contributed by atoms with Crippen LogP contribution in [0.4, 0.5) is 4.39 Å². The average Bonchev–Trinajstić information content (AvgIpc) is 2.89. The van der Waals surface area contributed by atoms with Crippen molar-refractivity contribution in [3.8, 4) is 0 Å². The van der Waals surface area contributed by atoms with Gasteiger partial charge in [-0.2, -0.15) is 0 Å². The molecule has 0 radical (unpaired) electrons. The molecule has 0 bridgehead atoms. The lowest BCUT2D eigenvalue weighted by atomic mass is 10.0. The number of amides is 1. The lowest BCUT2D eigenvalue weighted by Gasteiger charge is -2.26. The fourth-order valence-corrected chi connectivity index (χ4v) is 1.78. The van der Waals surface area contributed by atoms with E-state index in [0.717, 1.165) is 0 Å². The van der Waals surface area contributed by atoms with Crippen LogP contribution in [0.2, 0.25) is 0 Å². The van der Waals surface area contributed by atoms with Crippen LogP contribution in [0, 0.1) is 5.82 Å². The van der Waals surface area contributed by atoms with Crippen molar-refractivity contribution >= 4 is 16.8 Å². The van der Waals surface area contributed by atoms with E-state index in [1.807, 2.05) is 0 Å². The average molecular weight is 266 g/mol. The summed E-state index contributed by atoms with van der Waals surface area (Å²) in [6.07, 6.45) is 1.54. The van der Waals surface area contributed by atoms with Crippen LogP contribution >= 0.6 is 0 Å². The van der Waals surface area contributed by atoms with E-state index in [4.69, 9.17) is 10.2 Å². The summed E-state index contributed by atoms with van der Waals surface area (Å²) in [6.45, 7) is 0.717. The second-order valence-corrected chi connectivity index (χ2v) is 4.69. The molecule has 0 fully saturated rings. The van der Waals surface area contributed by atoms with E-state index in [1.165, 1.54) is 19.1 Å². The molecular weight excluding hydrogens is 251 g/mol. The Bertz CT molecular complexity index is 605. The van der Waals surface area contributed by atoms with Gasteiger partial charge in [-0.15, -0.1) is 0 Å². The molecule has 0 spiro atoms. The van der Waals surface area contributed by atoms with Crippen LogP contribution in [0.15, 0.2) is 24.4 Å². The summed E-state index contributed by atoms with van der Waals surface area (Å²) in [5.41, 5.74) is -0.477. The molecule has 0 aliphatic heterocycles. The van der Waals surface area contributed by atoms with E-state index in [1.54, 1.807) is 12.3 Å². The van der Waals surface area contributed by atoms with Crippen molar-refractivity contribution in [3.05, 3.63) is 35.8 Å². The Morgan fingerprint density at radius 1 is 1.37 bits per heavy atom. The molecule has 0 saturated carbocycles. The zero-order valence-corrected chi connectivity index (χ0v) is 10.4. The largest absolute Gasteiger partial charge is 0.394 e. The highest BCUT2D eigenvalue weighted by Gasteiger charge is 2.26. The van der Waals surface area contributed by atoms with Crippen molar-refractivity contribution < 1.29 is 19.4 Å². The van der Waals surface area contributed by atoms with Gasteiger partial charge >= 0.3 is 0 Å². The maximum Gasteiger partial charge on any atom is 0.253 e. The number of rotatable bonds is 4. The van der Waals surface area contributed by atoms with Gasteiger partial charge in [0, 0.05) is 11.6 Å². The maximum absolute atomic E-state index is 13.5. The molecule has 2 rings (SSSR count). The van der Waals surface area contributed by atoms with Crippen molar-refractivity contribution in [2.45, 2.75) is 12.5 Å². The molecule has 5 nitrogen and oxygen atoms in total. The van der Waals surface area contributed by atoms with E-state index in [9.17, 15) is 9.18 Å². The molecule has 1 aromatic carbocycles. The monoisotopic (exact) mass is 266 g/mol. The van der Waals surface area contributed by atoms with Gasteiger partial charge in [0.25, 0.3) is 5.91 Å². The van der Waals surface area contributed by atoms with E-state index < -0.39 is 30.5 Å². The van der Waals surface area contributed by atoms with Crippen molar-refractivity contribution in [2.75, 3.05) is 13.2 Å². The topological polar surface area (TPSA) is 85.3 Å². The molecule has 6 heteroatoms. The number of H-pyrrole nitrogens is 1. The van der Waals surface area contributed by atoms with Gasteiger partial charge in [-0.3, -0.25) is 4.79 Å². The minimum absolute atomic E-state index is 0.259. The van der Waals surface area contributed by atoms with E-state index in [0.29, 0.717) is 10.9 Å². The van der Waals surface area contributed by atoms with E-state index >= 15 is 0 Å². The van der Waals surface area contributed by atoms with Gasteiger partial charge in [-0.1, -0.05) is 0 Å². The first-order valence-electron chi connectivity index (χ1n) is 5.80. The van der Waals surface area contributed by atoms with Gasteiger partial charge in [-0.25, -0.2) is 4.39 Å². The molecule has 102 valence electrons. The Hall–Kier alpha value is -1.92. The second kappa shape index (κ2) is 4.99. The summed E-state index contributed by atoms with van der Waals surface area (Å²) in [4.78, 5) is 14.9. The van der Waals surface area contributed by atoms with Crippen LogP contribution in [0.25, 0.3) is 10.9 Å². The zero-order valence-electron chi connectivity index (χ0n) is 10.4. The standard InChI is InChI=1S/C13H15FN2O3/c1-13(6-17,7-18)16-12(19)9-2-3-10(14)8-4-5-15-11(8)9/h2-5,15,17-18H,6-7H2,1H3,(H,16,19). The van der Waals surface area contributed by atoms with Crippen molar-refractivity contribution in [1.29, 1.82) is 0 Å². The number of aliphatic hydroxyl groups excluding tert-OH is 2. The molecule has 0 unspecified atom stereocenters. The number of aromatic amines is 1. The Morgan fingerprint density at radius 3 is 2.68 bits per heavy atom. The molecule has 4 N–H and O–H groups in total. The molecule has 2 aromatic rings. The fraction of sp³-hybridized carbons (Fsp3) is 0.308. The fourth-order valence-electron chi connectivity index (χ4n) is 1.78. The molecule has 1 aromatic heterocycles. The highest BCUT2D eigenvalue weighted by molar-refractivity contribution is 6.06. The number of hydrogen-bond donors (Lipinski definition) is 4. The van der Waals surface area contributed by atoms with Crippen LogP contribution in [0.5, 0.6) is 0 Å². The predicted octanol–water partition coefficient (Wildman–Crippen LogP) is 0.780. The van der Waals surface area contributed by atoms with Crippen molar-refractivity contribution in [1.82, 2.24) is 10.3 Å². The van der Waals surface area contributed by atoms with E-state index in [2.05, 4.69) is 10.3 Å². The van der Waals surface area contributed by atoms with Gasteiger partial charge in [0.2, 0.25) is 0 Å². The molecule has 0 aliphatic carbocycles. The van der Waals surface area contributed by atoms with E-state index in [-0.39, 0.29) is 5.56 Å². The number of fused-ring (bicyclic) bond motifs is 1. The number of benzene rings is 1. The number of aliphatic hydroxyl groups is 2. The normalized spacial score (nSPS) is 11.8. The van der Waals surface area contributed by atoms with Gasteiger partial charge in [0.05, 0.1) is 29.8 Å². The zero-order chi connectivity index (χ0) is 14.0. The molecule has 0 aliphatic rings. The maximum atomic E-state index is 13.5. The third kappa shape index (κ3) is 2.45. The molecule has 0 saturated heterocycles. The smallest absolute Gasteiger partial charge is 0.253 e. The lowest BCUT2D eigenvalue weighted by molar-refractivity contribution is 0.0725. The van der Waals surface area contributed by atoms with Crippen molar-refractivity contribution in [2.24, 2.45) is 0 Å². The van der Waals surface area contributed by atoms with Gasteiger partial charge in [-0.05, 0) is 25.1 Å². The number of nitrogens with one attached hydrogen (secondary N) is 2. The molecule has 0 atom stereocenters. The first kappa shape index (κ1) is 13.5. The quantitative estimate of drug-likeness (QED) is 0.659. The minimum Gasteiger partial charge on any atom is -0.394 e. The first-order chi connectivity index (χ1) is 9.00. The summed E-state index contributed by atoms with van der Waals surface area (Å²) < 4.78 is 13.5. The van der Waals surface area contributed by atoms with Crippen LogP contribution in [0.1, 0.15) is 17.3 Å². The molecule has 1 heterocycles. The van der Waals surface area contributed by atoms with Crippen LogP contribution in [-0.2, 0) is 0 Å². The number of aromatic nitrogens is 1. The third-order valence-electron chi connectivity index (χ3n) is 3.03.